The summed E-state index contributed by atoms with van der Waals surface area (Å²) in [4.78, 5) is 24.8. The van der Waals surface area contributed by atoms with Crippen LogP contribution in [0.25, 0.3) is 0 Å². The maximum atomic E-state index is 11.8. The van der Waals surface area contributed by atoms with Gasteiger partial charge in [0.2, 0.25) is 11.8 Å². The predicted octanol–water partition coefficient (Wildman–Crippen LogP) is 0.635. The minimum Gasteiger partial charge on any atom is -0.326 e. The van der Waals surface area contributed by atoms with Gasteiger partial charge in [0.1, 0.15) is 0 Å². The van der Waals surface area contributed by atoms with Gasteiger partial charge in [0.15, 0.2) is 0 Å². The first kappa shape index (κ1) is 11.2. The van der Waals surface area contributed by atoms with Gasteiger partial charge in [-0.25, -0.2) is 0 Å². The fourth-order valence-corrected chi connectivity index (χ4v) is 2.51. The lowest BCUT2D eigenvalue weighted by atomic mass is 10.0. The first-order chi connectivity index (χ1) is 8.63. The lowest BCUT2D eigenvalue weighted by Gasteiger charge is -2.21. The summed E-state index contributed by atoms with van der Waals surface area (Å²) in [6, 6.07) is 5.67. The van der Waals surface area contributed by atoms with Crippen LogP contribution in [0, 0.1) is 0 Å². The Labute approximate surface area is 105 Å². The molecule has 0 radical (unpaired) electrons. The number of carbonyl (C=O) groups excluding carboxylic acids is 2. The van der Waals surface area contributed by atoms with Crippen molar-refractivity contribution in [2.45, 2.75) is 25.3 Å². The number of rotatable bonds is 1. The van der Waals surface area contributed by atoms with E-state index in [2.05, 4.69) is 5.32 Å². The molecule has 94 valence electrons. The summed E-state index contributed by atoms with van der Waals surface area (Å²) in [7, 11) is 0. The molecule has 0 aromatic heterocycles. The summed E-state index contributed by atoms with van der Waals surface area (Å²) < 4.78 is 0. The lowest BCUT2D eigenvalue weighted by molar-refractivity contribution is -0.117. The van der Waals surface area contributed by atoms with E-state index in [0.717, 1.165) is 23.4 Å². The van der Waals surface area contributed by atoms with Crippen LogP contribution in [0.5, 0.6) is 0 Å². The molecule has 1 atom stereocenters. The topological polar surface area (TPSA) is 75.4 Å². The van der Waals surface area contributed by atoms with Crippen molar-refractivity contribution in [1.29, 1.82) is 0 Å². The van der Waals surface area contributed by atoms with Crippen molar-refractivity contribution in [2.24, 2.45) is 5.73 Å². The molecule has 2 aliphatic heterocycles. The van der Waals surface area contributed by atoms with E-state index in [1.807, 2.05) is 18.2 Å². The normalized spacial score (nSPS) is 22.9. The van der Waals surface area contributed by atoms with Crippen LogP contribution < -0.4 is 16.0 Å². The Bertz CT molecular complexity index is 527. The zero-order valence-electron chi connectivity index (χ0n) is 9.98. The molecule has 1 aromatic rings. The minimum atomic E-state index is -0.0943. The van der Waals surface area contributed by atoms with Crippen LogP contribution in [0.2, 0.25) is 0 Å². The molecular weight excluding hydrogens is 230 g/mol. The Morgan fingerprint density at radius 1 is 1.28 bits per heavy atom. The van der Waals surface area contributed by atoms with Crippen molar-refractivity contribution < 1.29 is 9.59 Å². The van der Waals surface area contributed by atoms with Gasteiger partial charge in [0.25, 0.3) is 0 Å². The molecule has 1 aromatic carbocycles. The van der Waals surface area contributed by atoms with E-state index >= 15 is 0 Å². The van der Waals surface area contributed by atoms with E-state index < -0.39 is 0 Å². The van der Waals surface area contributed by atoms with Gasteiger partial charge >= 0.3 is 0 Å². The zero-order chi connectivity index (χ0) is 12.7. The fraction of sp³-hybridized carbons (Fsp3) is 0.385. The van der Waals surface area contributed by atoms with E-state index in [-0.39, 0.29) is 17.9 Å². The summed E-state index contributed by atoms with van der Waals surface area (Å²) in [5.41, 5.74) is 8.53. The van der Waals surface area contributed by atoms with Crippen molar-refractivity contribution in [3.05, 3.63) is 23.8 Å². The van der Waals surface area contributed by atoms with Crippen molar-refractivity contribution in [3.63, 3.8) is 0 Å². The minimum absolute atomic E-state index is 0.0316. The van der Waals surface area contributed by atoms with Gasteiger partial charge in [-0.05, 0) is 24.1 Å². The SMILES string of the molecule is NC1CC(=O)N(c2ccc3c(c2)NC(=O)CC3)C1. The summed E-state index contributed by atoms with van der Waals surface area (Å²) in [5, 5.41) is 2.84. The summed E-state index contributed by atoms with van der Waals surface area (Å²) in [6.45, 7) is 0.547. The molecule has 18 heavy (non-hydrogen) atoms. The van der Waals surface area contributed by atoms with E-state index in [4.69, 9.17) is 5.73 Å². The second kappa shape index (κ2) is 4.10. The summed E-state index contributed by atoms with van der Waals surface area (Å²) in [6.07, 6.45) is 1.68. The van der Waals surface area contributed by atoms with Crippen LogP contribution in [-0.4, -0.2) is 24.4 Å². The van der Waals surface area contributed by atoms with Crippen LogP contribution in [0.1, 0.15) is 18.4 Å². The number of nitrogens with one attached hydrogen (secondary N) is 1. The maximum absolute atomic E-state index is 11.8. The van der Waals surface area contributed by atoms with Gasteiger partial charge in [-0.1, -0.05) is 6.07 Å². The number of benzene rings is 1. The van der Waals surface area contributed by atoms with Crippen molar-refractivity contribution in [3.8, 4) is 0 Å². The molecule has 5 nitrogen and oxygen atoms in total. The highest BCUT2D eigenvalue weighted by Crippen LogP contribution is 2.29. The van der Waals surface area contributed by atoms with Crippen molar-refractivity contribution in [2.75, 3.05) is 16.8 Å². The third-order valence-corrected chi connectivity index (χ3v) is 3.46. The van der Waals surface area contributed by atoms with Crippen molar-refractivity contribution in [1.82, 2.24) is 0 Å². The third kappa shape index (κ3) is 1.86. The number of anilines is 2. The number of carbonyl (C=O) groups is 2. The fourth-order valence-electron chi connectivity index (χ4n) is 2.51. The second-order valence-corrected chi connectivity index (χ2v) is 4.86. The Morgan fingerprint density at radius 2 is 2.11 bits per heavy atom. The monoisotopic (exact) mass is 245 g/mol. The van der Waals surface area contributed by atoms with Gasteiger partial charge in [-0.15, -0.1) is 0 Å². The average Bonchev–Trinajstić information content (AvgIpc) is 2.67. The smallest absolute Gasteiger partial charge is 0.228 e. The third-order valence-electron chi connectivity index (χ3n) is 3.46. The molecule has 1 unspecified atom stereocenters. The van der Waals surface area contributed by atoms with Crippen LogP contribution >= 0.6 is 0 Å². The Balaban J connectivity index is 1.92. The molecule has 0 saturated carbocycles. The molecular formula is C13H15N3O2. The van der Waals surface area contributed by atoms with Crippen LogP contribution in [0.4, 0.5) is 11.4 Å². The van der Waals surface area contributed by atoms with Gasteiger partial charge in [0.05, 0.1) is 0 Å². The van der Waals surface area contributed by atoms with E-state index in [0.29, 0.717) is 19.4 Å². The molecule has 1 saturated heterocycles. The molecule has 0 aliphatic carbocycles. The van der Waals surface area contributed by atoms with Crippen molar-refractivity contribution >= 4 is 23.2 Å². The molecule has 2 aliphatic rings. The number of hydrogen-bond acceptors (Lipinski definition) is 3. The number of hydrogen-bond donors (Lipinski definition) is 2. The molecule has 2 heterocycles. The zero-order valence-corrected chi connectivity index (χ0v) is 9.98. The van der Waals surface area contributed by atoms with E-state index in [1.54, 1.807) is 4.90 Å². The highest BCUT2D eigenvalue weighted by molar-refractivity contribution is 5.99. The second-order valence-electron chi connectivity index (χ2n) is 4.86. The predicted molar refractivity (Wildman–Crippen MR) is 68.3 cm³/mol. The number of aryl methyl sites for hydroxylation is 1. The molecule has 3 rings (SSSR count). The molecule has 3 N–H and O–H groups in total. The highest BCUT2D eigenvalue weighted by atomic mass is 16.2. The molecule has 2 amide bonds. The number of nitrogens with two attached hydrogens (primary N) is 1. The van der Waals surface area contributed by atoms with Crippen LogP contribution in [0.15, 0.2) is 18.2 Å². The van der Waals surface area contributed by atoms with E-state index in [9.17, 15) is 9.59 Å². The molecule has 1 fully saturated rings. The lowest BCUT2D eigenvalue weighted by Crippen LogP contribution is -2.28. The largest absolute Gasteiger partial charge is 0.326 e. The quantitative estimate of drug-likeness (QED) is 0.762. The Morgan fingerprint density at radius 3 is 2.83 bits per heavy atom. The molecule has 0 bridgehead atoms. The first-order valence-corrected chi connectivity index (χ1v) is 6.12. The number of nitrogens with zero attached hydrogens (tertiary/aromatic N) is 1. The number of fused-ring (bicyclic) bond motifs is 1. The summed E-state index contributed by atoms with van der Waals surface area (Å²) >= 11 is 0. The average molecular weight is 245 g/mol. The Hall–Kier alpha value is -1.88. The highest BCUT2D eigenvalue weighted by Gasteiger charge is 2.28. The maximum Gasteiger partial charge on any atom is 0.228 e. The van der Waals surface area contributed by atoms with Gasteiger partial charge < -0.3 is 16.0 Å². The van der Waals surface area contributed by atoms with E-state index in [1.165, 1.54) is 0 Å². The van der Waals surface area contributed by atoms with Crippen LogP contribution in [-0.2, 0) is 16.0 Å². The van der Waals surface area contributed by atoms with Crippen LogP contribution in [0.3, 0.4) is 0 Å². The van der Waals surface area contributed by atoms with Gasteiger partial charge in [0, 0.05) is 36.8 Å². The molecule has 5 heteroatoms. The summed E-state index contributed by atoms with van der Waals surface area (Å²) in [5.74, 6) is 0.0775. The standard InChI is InChI=1S/C13H15N3O2/c14-9-5-13(18)16(7-9)10-3-1-8-2-4-12(17)15-11(8)6-10/h1,3,6,9H,2,4-5,7,14H2,(H,15,17). The van der Waals surface area contributed by atoms with Gasteiger partial charge in [-0.2, -0.15) is 0 Å². The first-order valence-electron chi connectivity index (χ1n) is 6.12. The van der Waals surface area contributed by atoms with Gasteiger partial charge in [-0.3, -0.25) is 9.59 Å². The molecule has 0 spiro atoms. The Kier molecular flexibility index (Phi) is 2.56. The number of amides is 2.